The SMILES string of the molecule is CC(C)(C)C(=O)NCc1ccc(O)c2c1C[C@H]1C[C@H]3CC(=O)C(C(N)=O)=C(O)[C@@]3(O)C(=O)C1=C2O. The fourth-order valence-electron chi connectivity index (χ4n) is 5.29. The topological polar surface area (TPSA) is 187 Å². The molecule has 0 heterocycles. The van der Waals surface area contributed by atoms with E-state index in [1.165, 1.54) is 6.07 Å². The molecule has 4 rings (SSSR count). The molecular weight excluding hydrogens is 456 g/mol. The second-order valence-electron chi connectivity index (χ2n) is 10.4. The Hall–Kier alpha value is -3.66. The Morgan fingerprint density at radius 1 is 1.14 bits per heavy atom. The maximum absolute atomic E-state index is 13.5. The van der Waals surface area contributed by atoms with Crippen molar-refractivity contribution in [1.82, 2.24) is 5.32 Å². The number of Topliss-reactive ketones (excluding diaryl/α,β-unsaturated/α-hetero) is 2. The number of aromatic hydroxyl groups is 1. The Morgan fingerprint density at radius 3 is 2.40 bits per heavy atom. The number of hydrogen-bond donors (Lipinski definition) is 6. The lowest BCUT2D eigenvalue weighted by atomic mass is 9.59. The van der Waals surface area contributed by atoms with Crippen molar-refractivity contribution in [3.63, 3.8) is 0 Å². The van der Waals surface area contributed by atoms with Gasteiger partial charge in [0.1, 0.15) is 22.8 Å². The van der Waals surface area contributed by atoms with Gasteiger partial charge in [0, 0.05) is 29.9 Å². The third kappa shape index (κ3) is 3.59. The van der Waals surface area contributed by atoms with Crippen molar-refractivity contribution in [2.75, 3.05) is 0 Å². The molecule has 3 atom stereocenters. The van der Waals surface area contributed by atoms with Crippen LogP contribution in [0, 0.1) is 17.3 Å². The molecule has 10 nitrogen and oxygen atoms in total. The second-order valence-corrected chi connectivity index (χ2v) is 10.4. The number of phenolic OH excluding ortho intramolecular Hbond substituents is 1. The van der Waals surface area contributed by atoms with Crippen molar-refractivity contribution < 1.29 is 39.6 Å². The molecule has 7 N–H and O–H groups in total. The van der Waals surface area contributed by atoms with Crippen LogP contribution in [0.3, 0.4) is 0 Å². The maximum Gasteiger partial charge on any atom is 0.255 e. The smallest absolute Gasteiger partial charge is 0.255 e. The van der Waals surface area contributed by atoms with Crippen LogP contribution < -0.4 is 11.1 Å². The Balaban J connectivity index is 1.81. The van der Waals surface area contributed by atoms with Crippen molar-refractivity contribution in [2.24, 2.45) is 23.0 Å². The highest BCUT2D eigenvalue weighted by molar-refractivity contribution is 6.22. The maximum atomic E-state index is 13.5. The summed E-state index contributed by atoms with van der Waals surface area (Å²) < 4.78 is 0. The van der Waals surface area contributed by atoms with Gasteiger partial charge >= 0.3 is 0 Å². The number of carbonyl (C=O) groups is 4. The van der Waals surface area contributed by atoms with Crippen molar-refractivity contribution in [3.05, 3.63) is 45.7 Å². The molecule has 3 aliphatic rings. The number of fused-ring (bicyclic) bond motifs is 3. The third-order valence-electron chi connectivity index (χ3n) is 7.16. The molecule has 0 bridgehead atoms. The Bertz CT molecular complexity index is 1250. The number of benzene rings is 1. The molecule has 0 saturated heterocycles. The number of hydrogen-bond acceptors (Lipinski definition) is 8. The van der Waals surface area contributed by atoms with E-state index in [-0.39, 0.29) is 48.6 Å². The number of phenols is 1. The normalized spacial score (nSPS) is 26.2. The van der Waals surface area contributed by atoms with E-state index in [0.717, 1.165) is 0 Å². The van der Waals surface area contributed by atoms with E-state index in [1.807, 2.05) is 0 Å². The van der Waals surface area contributed by atoms with Crippen LogP contribution in [0.15, 0.2) is 29.0 Å². The minimum Gasteiger partial charge on any atom is -0.508 e. The average Bonchev–Trinajstić information content (AvgIpc) is 2.74. The van der Waals surface area contributed by atoms with Gasteiger partial charge in [-0.05, 0) is 36.0 Å². The predicted octanol–water partition coefficient (Wildman–Crippen LogP) is 1.09. The molecule has 2 amide bonds. The van der Waals surface area contributed by atoms with Crippen molar-refractivity contribution >= 4 is 29.1 Å². The van der Waals surface area contributed by atoms with Gasteiger partial charge in [-0.3, -0.25) is 19.2 Å². The van der Waals surface area contributed by atoms with E-state index in [1.54, 1.807) is 26.8 Å². The van der Waals surface area contributed by atoms with Gasteiger partial charge in [0.15, 0.2) is 11.4 Å². The highest BCUT2D eigenvalue weighted by Gasteiger charge is 2.60. The highest BCUT2D eigenvalue weighted by Crippen LogP contribution is 2.52. The predicted molar refractivity (Wildman–Crippen MR) is 123 cm³/mol. The molecule has 0 aliphatic heterocycles. The van der Waals surface area contributed by atoms with Gasteiger partial charge < -0.3 is 31.5 Å². The van der Waals surface area contributed by atoms with Crippen LogP contribution in [0.5, 0.6) is 5.75 Å². The van der Waals surface area contributed by atoms with Gasteiger partial charge in [-0.15, -0.1) is 0 Å². The monoisotopic (exact) mass is 484 g/mol. The summed E-state index contributed by atoms with van der Waals surface area (Å²) in [5.74, 6) is -6.89. The summed E-state index contributed by atoms with van der Waals surface area (Å²) in [5.41, 5.74) is 2.10. The van der Waals surface area contributed by atoms with Crippen LogP contribution in [-0.2, 0) is 32.1 Å². The molecule has 0 radical (unpaired) electrons. The number of nitrogens with two attached hydrogens (primary N) is 1. The lowest BCUT2D eigenvalue weighted by molar-refractivity contribution is -0.147. The molecule has 10 heteroatoms. The zero-order chi connectivity index (χ0) is 26.0. The first-order valence-corrected chi connectivity index (χ1v) is 11.3. The van der Waals surface area contributed by atoms with E-state index in [4.69, 9.17) is 5.73 Å². The first-order valence-electron chi connectivity index (χ1n) is 11.3. The largest absolute Gasteiger partial charge is 0.508 e. The van der Waals surface area contributed by atoms with E-state index < -0.39 is 57.4 Å². The number of amides is 2. The van der Waals surface area contributed by atoms with Crippen molar-refractivity contribution in [2.45, 2.75) is 52.2 Å². The number of aliphatic hydroxyl groups excluding tert-OH is 2. The molecule has 1 saturated carbocycles. The fraction of sp³-hybridized carbons (Fsp3) is 0.440. The van der Waals surface area contributed by atoms with Gasteiger partial charge in [0.25, 0.3) is 5.91 Å². The van der Waals surface area contributed by atoms with Crippen molar-refractivity contribution in [1.29, 1.82) is 0 Å². The lowest BCUT2D eigenvalue weighted by Gasteiger charge is -2.46. The first kappa shape index (κ1) is 24.5. The molecule has 186 valence electrons. The van der Waals surface area contributed by atoms with Crippen LogP contribution in [0.4, 0.5) is 0 Å². The molecule has 0 spiro atoms. The summed E-state index contributed by atoms with van der Waals surface area (Å²) in [4.78, 5) is 50.0. The molecule has 3 aliphatic carbocycles. The molecule has 0 aromatic heterocycles. The summed E-state index contributed by atoms with van der Waals surface area (Å²) in [6.45, 7) is 5.43. The minimum atomic E-state index is -2.59. The molecule has 35 heavy (non-hydrogen) atoms. The fourth-order valence-corrected chi connectivity index (χ4v) is 5.29. The number of carbonyl (C=O) groups excluding carboxylic acids is 4. The quantitative estimate of drug-likeness (QED) is 0.344. The van der Waals surface area contributed by atoms with Gasteiger partial charge in [0.2, 0.25) is 11.7 Å². The van der Waals surface area contributed by atoms with Gasteiger partial charge in [-0.1, -0.05) is 26.8 Å². The van der Waals surface area contributed by atoms with Crippen molar-refractivity contribution in [3.8, 4) is 5.75 Å². The number of primary amides is 1. The minimum absolute atomic E-state index is 0.000336. The summed E-state index contributed by atoms with van der Waals surface area (Å²) >= 11 is 0. The standard InChI is InChI=1S/C25H28N2O8/c1-24(2,3)23(34)27-9-10-4-5-14(28)17-13(10)7-11-6-12-8-15(29)18(22(26)33)21(32)25(12,35)20(31)16(11)19(17)30/h4-5,11-12,28,30,32,35H,6-9H2,1-3H3,(H2,26,33)(H,27,34)/t11-,12+,25+/m1/s1. The number of ketones is 2. The van der Waals surface area contributed by atoms with Gasteiger partial charge in [-0.25, -0.2) is 0 Å². The van der Waals surface area contributed by atoms with Crippen LogP contribution in [0.1, 0.15) is 50.3 Å². The summed E-state index contributed by atoms with van der Waals surface area (Å²) in [7, 11) is 0. The van der Waals surface area contributed by atoms with E-state index >= 15 is 0 Å². The molecule has 1 fully saturated rings. The molecular formula is C25H28N2O8. The third-order valence-corrected chi connectivity index (χ3v) is 7.16. The zero-order valence-corrected chi connectivity index (χ0v) is 19.6. The first-order chi connectivity index (χ1) is 16.2. The second kappa shape index (κ2) is 7.94. The van der Waals surface area contributed by atoms with Crippen LogP contribution in [0.2, 0.25) is 0 Å². The average molecular weight is 485 g/mol. The highest BCUT2D eigenvalue weighted by atomic mass is 16.3. The van der Waals surface area contributed by atoms with E-state index in [0.29, 0.717) is 11.1 Å². The molecule has 1 aromatic carbocycles. The Labute approximate surface area is 201 Å². The molecule has 1 aromatic rings. The number of aliphatic hydroxyl groups is 3. The van der Waals surface area contributed by atoms with E-state index in [2.05, 4.69) is 5.32 Å². The Kier molecular flexibility index (Phi) is 5.55. The summed E-state index contributed by atoms with van der Waals surface area (Å²) in [6.07, 6.45) is -0.146. The Morgan fingerprint density at radius 2 is 1.80 bits per heavy atom. The van der Waals surface area contributed by atoms with Crippen LogP contribution in [0.25, 0.3) is 5.76 Å². The summed E-state index contributed by atoms with van der Waals surface area (Å²) in [6, 6.07) is 2.95. The lowest BCUT2D eigenvalue weighted by Crippen LogP contribution is -2.58. The van der Waals surface area contributed by atoms with Crippen LogP contribution in [-0.4, -0.2) is 49.4 Å². The van der Waals surface area contributed by atoms with Gasteiger partial charge in [-0.2, -0.15) is 0 Å². The zero-order valence-electron chi connectivity index (χ0n) is 19.6. The molecule has 0 unspecified atom stereocenters. The van der Waals surface area contributed by atoms with Crippen LogP contribution >= 0.6 is 0 Å². The van der Waals surface area contributed by atoms with E-state index in [9.17, 15) is 39.6 Å². The summed E-state index contributed by atoms with van der Waals surface area (Å²) in [5, 5.41) is 46.3. The number of rotatable bonds is 3. The van der Waals surface area contributed by atoms with Gasteiger partial charge in [0.05, 0.1) is 5.56 Å². The number of nitrogens with one attached hydrogen (secondary N) is 1.